The van der Waals surface area contributed by atoms with Crippen LogP contribution in [0.15, 0.2) is 0 Å². The van der Waals surface area contributed by atoms with Gasteiger partial charge in [0.1, 0.15) is 0 Å². The quantitative estimate of drug-likeness (QED) is 0.668. The van der Waals surface area contributed by atoms with Gasteiger partial charge in [0.05, 0.1) is 11.6 Å². The van der Waals surface area contributed by atoms with E-state index in [0.717, 1.165) is 0 Å². The molecule has 0 aromatic carbocycles. The summed E-state index contributed by atoms with van der Waals surface area (Å²) in [5, 5.41) is 12.8. The molecule has 0 saturated carbocycles. The van der Waals surface area contributed by atoms with Gasteiger partial charge in [-0.3, -0.25) is 19.3 Å². The number of aliphatic hydroxyl groups is 1. The van der Waals surface area contributed by atoms with Crippen molar-refractivity contribution in [2.24, 2.45) is 5.92 Å². The van der Waals surface area contributed by atoms with Gasteiger partial charge >= 0.3 is 0 Å². The Bertz CT molecular complexity index is 588. The van der Waals surface area contributed by atoms with Crippen LogP contribution >= 0.6 is 0 Å². The van der Waals surface area contributed by atoms with E-state index in [2.05, 4.69) is 10.2 Å². The Morgan fingerprint density at radius 1 is 1.15 bits per heavy atom. The molecule has 0 aromatic rings. The van der Waals surface area contributed by atoms with E-state index < -0.39 is 0 Å². The van der Waals surface area contributed by atoms with Gasteiger partial charge in [-0.05, 0) is 6.42 Å². The van der Waals surface area contributed by atoms with Crippen LogP contribution in [0.25, 0.3) is 0 Å². The highest BCUT2D eigenvalue weighted by molar-refractivity contribution is 5.80. The van der Waals surface area contributed by atoms with Crippen molar-refractivity contribution in [1.82, 2.24) is 20.0 Å². The summed E-state index contributed by atoms with van der Waals surface area (Å²) in [6.07, 6.45) is 0.565. The molecule has 8 nitrogen and oxygen atoms in total. The van der Waals surface area contributed by atoms with E-state index in [-0.39, 0.29) is 47.7 Å². The van der Waals surface area contributed by atoms with E-state index >= 15 is 0 Å². The molecule has 3 aliphatic rings. The second kappa shape index (κ2) is 7.15. The van der Waals surface area contributed by atoms with Crippen LogP contribution in [0.5, 0.6) is 0 Å². The molecule has 0 aromatic heterocycles. The van der Waals surface area contributed by atoms with Crippen molar-refractivity contribution >= 4 is 17.7 Å². The Morgan fingerprint density at radius 3 is 2.42 bits per heavy atom. The summed E-state index contributed by atoms with van der Waals surface area (Å²) in [7, 11) is 0. The predicted octanol–water partition coefficient (Wildman–Crippen LogP) is -0.973. The lowest BCUT2D eigenvalue weighted by Gasteiger charge is -2.61. The second-order valence-electron chi connectivity index (χ2n) is 8.28. The summed E-state index contributed by atoms with van der Waals surface area (Å²) < 4.78 is 0. The number of fused-ring (bicyclic) bond motifs is 2. The van der Waals surface area contributed by atoms with Crippen molar-refractivity contribution in [2.75, 3.05) is 39.3 Å². The molecule has 3 fully saturated rings. The first-order chi connectivity index (χ1) is 12.2. The van der Waals surface area contributed by atoms with Crippen molar-refractivity contribution in [2.45, 2.75) is 51.3 Å². The summed E-state index contributed by atoms with van der Waals surface area (Å²) in [4.78, 5) is 41.9. The van der Waals surface area contributed by atoms with E-state index in [9.17, 15) is 19.5 Å². The fourth-order valence-corrected chi connectivity index (χ4v) is 4.57. The first-order valence-corrected chi connectivity index (χ1v) is 9.47. The molecule has 26 heavy (non-hydrogen) atoms. The van der Waals surface area contributed by atoms with Crippen molar-refractivity contribution < 1.29 is 19.5 Å². The molecule has 0 aliphatic carbocycles. The van der Waals surface area contributed by atoms with Crippen LogP contribution in [0.1, 0.15) is 33.6 Å². The number of amides is 3. The van der Waals surface area contributed by atoms with Crippen molar-refractivity contribution in [3.63, 3.8) is 0 Å². The van der Waals surface area contributed by atoms with Crippen LogP contribution in [-0.2, 0) is 14.4 Å². The third-order valence-electron chi connectivity index (χ3n) is 5.76. The summed E-state index contributed by atoms with van der Waals surface area (Å²) in [5.41, 5.74) is -0.241. The number of nitrogens with one attached hydrogen (secondary N) is 1. The highest BCUT2D eigenvalue weighted by atomic mass is 16.3. The minimum Gasteiger partial charge on any atom is -0.392 e. The fourth-order valence-electron chi connectivity index (χ4n) is 4.57. The number of rotatable bonds is 4. The Morgan fingerprint density at radius 2 is 1.81 bits per heavy atom. The van der Waals surface area contributed by atoms with Crippen LogP contribution < -0.4 is 5.32 Å². The van der Waals surface area contributed by atoms with Gasteiger partial charge in [0.25, 0.3) is 0 Å². The van der Waals surface area contributed by atoms with Crippen molar-refractivity contribution in [3.8, 4) is 0 Å². The maximum Gasteiger partial charge on any atom is 0.225 e. The zero-order chi connectivity index (χ0) is 19.1. The number of aliphatic hydroxyl groups excluding tert-OH is 1. The van der Waals surface area contributed by atoms with Gasteiger partial charge < -0.3 is 20.2 Å². The fraction of sp³-hybridized carbons (Fsp3) is 0.833. The smallest absolute Gasteiger partial charge is 0.225 e. The van der Waals surface area contributed by atoms with E-state index in [4.69, 9.17) is 0 Å². The number of likely N-dealkylation sites (tertiary alicyclic amines) is 1. The summed E-state index contributed by atoms with van der Waals surface area (Å²) >= 11 is 0. The monoisotopic (exact) mass is 366 g/mol. The number of hydrogen-bond acceptors (Lipinski definition) is 5. The summed E-state index contributed by atoms with van der Waals surface area (Å²) in [6, 6.07) is 0.139. The molecule has 3 saturated heterocycles. The van der Waals surface area contributed by atoms with Crippen LogP contribution in [0.3, 0.4) is 0 Å². The van der Waals surface area contributed by atoms with Gasteiger partial charge in [-0.25, -0.2) is 0 Å². The number of carbonyl (C=O) groups excluding carboxylic acids is 3. The standard InChI is InChI=1S/C18H30N4O4/c1-12(2)17(26)21-10-18(11-21)9-20(16(25)4-5-19-13(3)23)7-14-6-15(24)8-22(14)18/h12,14-15,24H,4-11H2,1-3H3,(H,19,23)/t14-,15-/m1/s1. The first-order valence-electron chi connectivity index (χ1n) is 9.47. The number of piperazine rings is 1. The molecule has 2 atom stereocenters. The minimum absolute atomic E-state index is 0.0211. The molecule has 3 amide bonds. The zero-order valence-electron chi connectivity index (χ0n) is 15.9. The van der Waals surface area contributed by atoms with Crippen molar-refractivity contribution in [3.05, 3.63) is 0 Å². The molecule has 3 heterocycles. The van der Waals surface area contributed by atoms with E-state index in [0.29, 0.717) is 45.7 Å². The van der Waals surface area contributed by atoms with Gasteiger partial charge in [-0.2, -0.15) is 0 Å². The molecule has 1 spiro atoms. The van der Waals surface area contributed by atoms with Crippen LogP contribution in [0.2, 0.25) is 0 Å². The topological polar surface area (TPSA) is 93.2 Å². The molecule has 0 bridgehead atoms. The van der Waals surface area contributed by atoms with E-state index in [1.54, 1.807) is 0 Å². The first kappa shape index (κ1) is 19.1. The van der Waals surface area contributed by atoms with Gasteiger partial charge in [-0.15, -0.1) is 0 Å². The highest BCUT2D eigenvalue weighted by Gasteiger charge is 2.57. The number of β-amino-alcohol motifs (C(OH)–C–C–N with tert-alkyl or cyclic N) is 1. The second-order valence-corrected chi connectivity index (χ2v) is 8.28. The summed E-state index contributed by atoms with van der Waals surface area (Å²) in [5.74, 6) is -0.0139. The normalized spacial score (nSPS) is 27.4. The molecule has 0 radical (unpaired) electrons. The molecule has 146 valence electrons. The lowest BCUT2D eigenvalue weighted by molar-refractivity contribution is -0.164. The molecule has 0 unspecified atom stereocenters. The molecular weight excluding hydrogens is 336 g/mol. The third kappa shape index (κ3) is 3.57. The van der Waals surface area contributed by atoms with Gasteiger partial charge in [0.15, 0.2) is 0 Å². The number of nitrogens with zero attached hydrogens (tertiary/aromatic N) is 3. The highest BCUT2D eigenvalue weighted by Crippen LogP contribution is 2.39. The SMILES string of the molecule is CC(=O)NCCC(=O)N1C[C@H]2C[C@@H](O)CN2C2(C1)CN(C(=O)C(C)C)C2. The predicted molar refractivity (Wildman–Crippen MR) is 95.1 cm³/mol. The van der Waals surface area contributed by atoms with E-state index in [1.807, 2.05) is 23.6 Å². The minimum atomic E-state index is -0.374. The van der Waals surface area contributed by atoms with Crippen molar-refractivity contribution in [1.29, 1.82) is 0 Å². The van der Waals surface area contributed by atoms with E-state index in [1.165, 1.54) is 6.92 Å². The van der Waals surface area contributed by atoms with Crippen LogP contribution in [0.4, 0.5) is 0 Å². The average Bonchev–Trinajstić information content (AvgIpc) is 2.90. The van der Waals surface area contributed by atoms with Gasteiger partial charge in [0, 0.05) is 64.6 Å². The maximum atomic E-state index is 12.6. The molecule has 3 aliphatic heterocycles. The zero-order valence-corrected chi connectivity index (χ0v) is 15.9. The molecular formula is C18H30N4O4. The average molecular weight is 366 g/mol. The number of hydrogen-bond donors (Lipinski definition) is 2. The lowest BCUT2D eigenvalue weighted by Crippen LogP contribution is -2.79. The maximum absolute atomic E-state index is 12.6. The molecule has 2 N–H and O–H groups in total. The molecule has 8 heteroatoms. The number of carbonyl (C=O) groups is 3. The Labute approximate surface area is 154 Å². The Balaban J connectivity index is 1.67. The Kier molecular flexibility index (Phi) is 5.25. The lowest BCUT2D eigenvalue weighted by atomic mass is 9.83. The largest absolute Gasteiger partial charge is 0.392 e. The molecule has 3 rings (SSSR count). The third-order valence-corrected chi connectivity index (χ3v) is 5.76. The summed E-state index contributed by atoms with van der Waals surface area (Å²) in [6.45, 7) is 8.60. The van der Waals surface area contributed by atoms with Crippen LogP contribution in [-0.4, -0.2) is 94.5 Å². The van der Waals surface area contributed by atoms with Gasteiger partial charge in [0.2, 0.25) is 17.7 Å². The Hall–Kier alpha value is -1.67. The van der Waals surface area contributed by atoms with Crippen LogP contribution in [0, 0.1) is 5.92 Å². The van der Waals surface area contributed by atoms with Gasteiger partial charge in [-0.1, -0.05) is 13.8 Å².